The number of nitrogens with zero attached hydrogens (tertiary/aromatic N) is 1. The van der Waals surface area contributed by atoms with Crippen molar-refractivity contribution in [1.82, 2.24) is 5.43 Å². The number of rotatable bonds is 4. The number of hydrazone groups is 1. The lowest BCUT2D eigenvalue weighted by atomic mass is 10.1. The Balaban J connectivity index is 3.90. The molecule has 0 aromatic carbocycles. The minimum absolute atomic E-state index is 0.398. The molecule has 0 bridgehead atoms. The lowest BCUT2D eigenvalue weighted by molar-refractivity contribution is 0.620. The molecule has 11 heavy (non-hydrogen) atoms. The van der Waals surface area contributed by atoms with Gasteiger partial charge in [-0.15, -0.1) is 0 Å². The van der Waals surface area contributed by atoms with Gasteiger partial charge >= 0.3 is 0 Å². The smallest absolute Gasteiger partial charge is 0.0598 e. The van der Waals surface area contributed by atoms with Gasteiger partial charge in [-0.3, -0.25) is 0 Å². The van der Waals surface area contributed by atoms with Gasteiger partial charge in [-0.2, -0.15) is 5.10 Å². The fourth-order valence-electron chi connectivity index (χ4n) is 0.561. The van der Waals surface area contributed by atoms with Crippen molar-refractivity contribution in [2.24, 2.45) is 5.10 Å². The van der Waals surface area contributed by atoms with E-state index in [1.807, 2.05) is 6.92 Å². The van der Waals surface area contributed by atoms with Crippen molar-refractivity contribution in [2.75, 3.05) is 0 Å². The van der Waals surface area contributed by atoms with Gasteiger partial charge in [0.25, 0.3) is 0 Å². The summed E-state index contributed by atoms with van der Waals surface area (Å²) in [5.74, 6) is 0. The molecule has 0 radical (unpaired) electrons. The normalized spacial score (nSPS) is 11.9. The predicted octanol–water partition coefficient (Wildman–Crippen LogP) is 2.33. The third-order valence-corrected chi connectivity index (χ3v) is 1.43. The summed E-state index contributed by atoms with van der Waals surface area (Å²) in [6.07, 6.45) is 0.967. The van der Waals surface area contributed by atoms with Gasteiger partial charge in [0.05, 0.1) is 5.71 Å². The van der Waals surface area contributed by atoms with E-state index in [2.05, 4.69) is 37.9 Å². The summed E-state index contributed by atoms with van der Waals surface area (Å²) in [5, 5.41) is 4.16. The Bertz CT molecular complexity index is 157. The molecular formula is C9H18N2. The maximum atomic E-state index is 4.16. The molecule has 0 atom stereocenters. The molecule has 0 aliphatic heterocycles. The van der Waals surface area contributed by atoms with Crippen molar-refractivity contribution in [3.63, 3.8) is 0 Å². The monoisotopic (exact) mass is 154 g/mol. The van der Waals surface area contributed by atoms with Crippen LogP contribution in [0.1, 0.15) is 34.1 Å². The molecular weight excluding hydrogens is 136 g/mol. The van der Waals surface area contributed by atoms with E-state index >= 15 is 0 Å². The molecule has 0 rings (SSSR count). The molecule has 0 aromatic rings. The van der Waals surface area contributed by atoms with Crippen LogP contribution in [0.4, 0.5) is 0 Å². The van der Waals surface area contributed by atoms with E-state index < -0.39 is 0 Å². The van der Waals surface area contributed by atoms with Crippen molar-refractivity contribution in [3.05, 3.63) is 12.2 Å². The Morgan fingerprint density at radius 3 is 2.45 bits per heavy atom. The fraction of sp³-hybridized carbons (Fsp3) is 0.667. The van der Waals surface area contributed by atoms with Gasteiger partial charge in [0.2, 0.25) is 0 Å². The van der Waals surface area contributed by atoms with E-state index in [0.717, 1.165) is 17.7 Å². The van der Waals surface area contributed by atoms with Crippen molar-refractivity contribution >= 4 is 5.71 Å². The van der Waals surface area contributed by atoms with E-state index in [0.29, 0.717) is 6.04 Å². The molecule has 0 fully saturated rings. The van der Waals surface area contributed by atoms with Crippen LogP contribution in [-0.4, -0.2) is 11.8 Å². The van der Waals surface area contributed by atoms with Crippen LogP contribution in [0.2, 0.25) is 0 Å². The molecule has 0 aliphatic rings. The fourth-order valence-corrected chi connectivity index (χ4v) is 0.561. The van der Waals surface area contributed by atoms with Gasteiger partial charge in [-0.25, -0.2) is 0 Å². The molecule has 0 unspecified atom stereocenters. The Labute approximate surface area is 69.4 Å². The zero-order chi connectivity index (χ0) is 8.85. The molecule has 0 saturated carbocycles. The highest BCUT2D eigenvalue weighted by Gasteiger charge is 1.94. The minimum atomic E-state index is 0.398. The second-order valence-corrected chi connectivity index (χ2v) is 2.94. The maximum absolute atomic E-state index is 4.16. The van der Waals surface area contributed by atoms with Crippen molar-refractivity contribution in [3.8, 4) is 0 Å². The second kappa shape index (κ2) is 4.94. The van der Waals surface area contributed by atoms with Gasteiger partial charge in [0, 0.05) is 6.04 Å². The standard InChI is InChI=1S/C9H18N2/c1-6-8(4)9(5)11-10-7(2)3/h7,10H,4,6H2,1-3,5H3. The van der Waals surface area contributed by atoms with Gasteiger partial charge in [-0.05, 0) is 32.8 Å². The van der Waals surface area contributed by atoms with Crippen LogP contribution >= 0.6 is 0 Å². The van der Waals surface area contributed by atoms with Gasteiger partial charge in [0.1, 0.15) is 0 Å². The first-order chi connectivity index (χ1) is 5.07. The Morgan fingerprint density at radius 1 is 1.55 bits per heavy atom. The first-order valence-electron chi connectivity index (χ1n) is 4.05. The van der Waals surface area contributed by atoms with Crippen LogP contribution in [0.5, 0.6) is 0 Å². The SMILES string of the molecule is C=C(CC)C(C)=NNC(C)C. The summed E-state index contributed by atoms with van der Waals surface area (Å²) in [7, 11) is 0. The van der Waals surface area contributed by atoms with Crippen molar-refractivity contribution in [1.29, 1.82) is 0 Å². The van der Waals surface area contributed by atoms with Crippen molar-refractivity contribution in [2.45, 2.75) is 40.2 Å². The summed E-state index contributed by atoms with van der Waals surface area (Å²) in [6.45, 7) is 12.1. The van der Waals surface area contributed by atoms with E-state index in [-0.39, 0.29) is 0 Å². The highest BCUT2D eigenvalue weighted by molar-refractivity contribution is 5.97. The van der Waals surface area contributed by atoms with Crippen LogP contribution in [0.25, 0.3) is 0 Å². The molecule has 2 heteroatoms. The summed E-state index contributed by atoms with van der Waals surface area (Å²) in [6, 6.07) is 0.398. The molecule has 0 aromatic heterocycles. The van der Waals surface area contributed by atoms with Crippen LogP contribution in [0, 0.1) is 0 Å². The molecule has 0 spiro atoms. The van der Waals surface area contributed by atoms with E-state index in [4.69, 9.17) is 0 Å². The maximum Gasteiger partial charge on any atom is 0.0598 e. The largest absolute Gasteiger partial charge is 0.307 e. The number of hydrogen-bond donors (Lipinski definition) is 1. The zero-order valence-electron chi connectivity index (χ0n) is 7.94. The summed E-state index contributed by atoms with van der Waals surface area (Å²) < 4.78 is 0. The lowest BCUT2D eigenvalue weighted by Crippen LogP contribution is -2.18. The van der Waals surface area contributed by atoms with Crippen LogP contribution in [-0.2, 0) is 0 Å². The predicted molar refractivity (Wildman–Crippen MR) is 50.8 cm³/mol. The van der Waals surface area contributed by atoms with Crippen LogP contribution in [0.15, 0.2) is 17.3 Å². The van der Waals surface area contributed by atoms with E-state index in [1.54, 1.807) is 0 Å². The van der Waals surface area contributed by atoms with Gasteiger partial charge < -0.3 is 5.43 Å². The molecule has 0 saturated heterocycles. The average molecular weight is 154 g/mol. The zero-order valence-corrected chi connectivity index (χ0v) is 7.94. The summed E-state index contributed by atoms with van der Waals surface area (Å²) in [5.41, 5.74) is 5.08. The topological polar surface area (TPSA) is 24.4 Å². The van der Waals surface area contributed by atoms with Crippen LogP contribution in [0.3, 0.4) is 0 Å². The highest BCUT2D eigenvalue weighted by Crippen LogP contribution is 1.98. The number of nitrogens with one attached hydrogen (secondary N) is 1. The molecule has 64 valence electrons. The Kier molecular flexibility index (Phi) is 4.59. The summed E-state index contributed by atoms with van der Waals surface area (Å²) >= 11 is 0. The van der Waals surface area contributed by atoms with Crippen LogP contribution < -0.4 is 5.43 Å². The molecule has 1 N–H and O–H groups in total. The third kappa shape index (κ3) is 4.59. The lowest BCUT2D eigenvalue weighted by Gasteiger charge is -2.06. The van der Waals surface area contributed by atoms with E-state index in [9.17, 15) is 0 Å². The average Bonchev–Trinajstić information content (AvgIpc) is 1.98. The molecule has 0 aliphatic carbocycles. The van der Waals surface area contributed by atoms with E-state index in [1.165, 1.54) is 0 Å². The first kappa shape index (κ1) is 10.2. The first-order valence-corrected chi connectivity index (χ1v) is 4.05. The highest BCUT2D eigenvalue weighted by atomic mass is 15.3. The molecule has 2 nitrogen and oxygen atoms in total. The third-order valence-electron chi connectivity index (χ3n) is 1.43. The van der Waals surface area contributed by atoms with Gasteiger partial charge in [0.15, 0.2) is 0 Å². The Hall–Kier alpha value is -0.790. The van der Waals surface area contributed by atoms with Gasteiger partial charge in [-0.1, -0.05) is 13.5 Å². The quantitative estimate of drug-likeness (QED) is 0.488. The van der Waals surface area contributed by atoms with Crippen molar-refractivity contribution < 1.29 is 0 Å². The molecule has 0 amide bonds. The molecule has 0 heterocycles. The number of allylic oxidation sites excluding steroid dienone is 1. The second-order valence-electron chi connectivity index (χ2n) is 2.94. The summed E-state index contributed by atoms with van der Waals surface area (Å²) in [4.78, 5) is 0. The minimum Gasteiger partial charge on any atom is -0.307 e. The Morgan fingerprint density at radius 2 is 2.09 bits per heavy atom. The number of hydrogen-bond acceptors (Lipinski definition) is 2.